The molecule has 0 atom stereocenters. The molecule has 0 unspecified atom stereocenters. The third-order valence-corrected chi connectivity index (χ3v) is 1.19. The van der Waals surface area contributed by atoms with Crippen molar-refractivity contribution in [3.63, 3.8) is 0 Å². The van der Waals surface area contributed by atoms with Crippen LogP contribution >= 0.6 is 0 Å². The van der Waals surface area contributed by atoms with Crippen LogP contribution in [0.5, 0.6) is 0 Å². The number of H-pyrrole nitrogens is 1. The van der Waals surface area contributed by atoms with Crippen LogP contribution in [0.2, 0.25) is 0 Å². The normalized spacial score (nSPS) is 9.18. The lowest BCUT2D eigenvalue weighted by atomic mass is 10.3. The first kappa shape index (κ1) is 7.46. The predicted molar refractivity (Wildman–Crippen MR) is 35.3 cm³/mol. The molecule has 1 N–H and O–H groups in total. The van der Waals surface area contributed by atoms with Gasteiger partial charge in [-0.25, -0.2) is 4.79 Å². The molecule has 0 radical (unpaired) electrons. The first-order valence-electron chi connectivity index (χ1n) is 2.86. The summed E-state index contributed by atoms with van der Waals surface area (Å²) in [4.78, 5) is 21.0. The molecule has 5 heteroatoms. The molecule has 0 saturated heterocycles. The maximum atomic E-state index is 10.8. The van der Waals surface area contributed by atoms with Gasteiger partial charge in [0.05, 0.1) is 13.3 Å². The Morgan fingerprint density at radius 2 is 2.55 bits per heavy atom. The van der Waals surface area contributed by atoms with Crippen molar-refractivity contribution in [2.24, 2.45) is 0 Å². The van der Waals surface area contributed by atoms with Crippen LogP contribution in [0.3, 0.4) is 0 Å². The third kappa shape index (κ3) is 1.26. The summed E-state index contributed by atoms with van der Waals surface area (Å²) in [5.74, 6) is -0.569. The first-order chi connectivity index (χ1) is 5.29. The number of aromatic nitrogens is 2. The highest BCUT2D eigenvalue weighted by Gasteiger charge is 2.12. The number of aldehydes is 1. The number of carbonyl (C=O) groups is 2. The van der Waals surface area contributed by atoms with Gasteiger partial charge in [-0.3, -0.25) is 9.89 Å². The highest BCUT2D eigenvalue weighted by atomic mass is 16.5. The summed E-state index contributed by atoms with van der Waals surface area (Å²) in [6.07, 6.45) is 1.76. The van der Waals surface area contributed by atoms with Crippen molar-refractivity contribution in [3.05, 3.63) is 17.5 Å². The van der Waals surface area contributed by atoms with Gasteiger partial charge in [0.1, 0.15) is 11.3 Å². The van der Waals surface area contributed by atoms with Crippen LogP contribution in [0, 0.1) is 0 Å². The minimum atomic E-state index is -0.569. The lowest BCUT2D eigenvalue weighted by Crippen LogP contribution is -2.02. The van der Waals surface area contributed by atoms with E-state index in [1.165, 1.54) is 13.3 Å². The van der Waals surface area contributed by atoms with Gasteiger partial charge < -0.3 is 4.74 Å². The Labute approximate surface area is 62.4 Å². The van der Waals surface area contributed by atoms with Gasteiger partial charge in [0.25, 0.3) is 0 Å². The van der Waals surface area contributed by atoms with Gasteiger partial charge >= 0.3 is 5.97 Å². The molecule has 0 fully saturated rings. The van der Waals surface area contributed by atoms with Crippen LogP contribution in [0.4, 0.5) is 0 Å². The quantitative estimate of drug-likeness (QED) is 0.481. The van der Waals surface area contributed by atoms with E-state index < -0.39 is 5.97 Å². The van der Waals surface area contributed by atoms with Crippen molar-refractivity contribution in [1.29, 1.82) is 0 Å². The average Bonchev–Trinajstić information content (AvgIpc) is 2.50. The molecule has 1 heterocycles. The van der Waals surface area contributed by atoms with Crippen LogP contribution in [-0.2, 0) is 4.74 Å². The summed E-state index contributed by atoms with van der Waals surface area (Å²) in [5.41, 5.74) is 0.291. The van der Waals surface area contributed by atoms with Crippen LogP contribution in [-0.4, -0.2) is 29.6 Å². The van der Waals surface area contributed by atoms with Gasteiger partial charge in [0.2, 0.25) is 0 Å². The second kappa shape index (κ2) is 2.96. The predicted octanol–water partition coefficient (Wildman–Crippen LogP) is 0.00880. The first-order valence-corrected chi connectivity index (χ1v) is 2.86. The van der Waals surface area contributed by atoms with Crippen molar-refractivity contribution in [1.82, 2.24) is 10.2 Å². The van der Waals surface area contributed by atoms with E-state index in [-0.39, 0.29) is 11.3 Å². The van der Waals surface area contributed by atoms with Crippen LogP contribution < -0.4 is 0 Å². The lowest BCUT2D eigenvalue weighted by molar-refractivity contribution is 0.0598. The Kier molecular flexibility index (Phi) is 2.00. The van der Waals surface area contributed by atoms with Crippen molar-refractivity contribution >= 4 is 12.3 Å². The highest BCUT2D eigenvalue weighted by Crippen LogP contribution is 2.02. The third-order valence-electron chi connectivity index (χ3n) is 1.19. The summed E-state index contributed by atoms with van der Waals surface area (Å²) in [6, 6.07) is 0. The number of nitrogens with zero attached hydrogens (tertiary/aromatic N) is 1. The standard InChI is InChI=1S/C6H6N2O3/c1-11-6(10)4-2-7-8-5(4)3-9/h2-3H,1H3,(H,7,8). The number of methoxy groups -OCH3 is 1. The number of hydrogen-bond acceptors (Lipinski definition) is 4. The number of aromatic amines is 1. The molecule has 0 saturated carbocycles. The SMILES string of the molecule is COC(=O)c1cn[nH]c1C=O. The second-order valence-corrected chi connectivity index (χ2v) is 1.81. The lowest BCUT2D eigenvalue weighted by Gasteiger charge is -1.92. The van der Waals surface area contributed by atoms with Gasteiger partial charge in [0.15, 0.2) is 6.29 Å². The second-order valence-electron chi connectivity index (χ2n) is 1.81. The smallest absolute Gasteiger partial charge is 0.341 e. The van der Waals surface area contributed by atoms with Gasteiger partial charge in [-0.2, -0.15) is 5.10 Å². The number of ether oxygens (including phenoxy) is 1. The van der Waals surface area contributed by atoms with Crippen molar-refractivity contribution in [3.8, 4) is 0 Å². The molecule has 0 spiro atoms. The Balaban J connectivity index is 3.01. The van der Waals surface area contributed by atoms with Crippen molar-refractivity contribution in [2.45, 2.75) is 0 Å². The molecular formula is C6H6N2O3. The summed E-state index contributed by atoms with van der Waals surface area (Å²) in [5, 5.41) is 5.86. The monoisotopic (exact) mass is 154 g/mol. The van der Waals surface area contributed by atoms with E-state index in [2.05, 4.69) is 14.9 Å². The molecule has 58 valence electrons. The van der Waals surface area contributed by atoms with E-state index in [9.17, 15) is 9.59 Å². The minimum absolute atomic E-state index is 0.136. The summed E-state index contributed by atoms with van der Waals surface area (Å²) >= 11 is 0. The molecule has 11 heavy (non-hydrogen) atoms. The Bertz CT molecular complexity index is 279. The molecule has 1 aromatic heterocycles. The van der Waals surface area contributed by atoms with Crippen LogP contribution in [0.1, 0.15) is 20.8 Å². The summed E-state index contributed by atoms with van der Waals surface area (Å²) in [7, 11) is 1.24. The van der Waals surface area contributed by atoms with Crippen molar-refractivity contribution < 1.29 is 14.3 Å². The van der Waals surface area contributed by atoms with E-state index in [0.717, 1.165) is 0 Å². The molecule has 5 nitrogen and oxygen atoms in total. The Morgan fingerprint density at radius 1 is 1.82 bits per heavy atom. The highest BCUT2D eigenvalue weighted by molar-refractivity contribution is 5.96. The van der Waals surface area contributed by atoms with Crippen molar-refractivity contribution in [2.75, 3.05) is 7.11 Å². The van der Waals surface area contributed by atoms with E-state index in [1.807, 2.05) is 0 Å². The molecule has 0 bridgehead atoms. The van der Waals surface area contributed by atoms with Gasteiger partial charge in [0, 0.05) is 0 Å². The topological polar surface area (TPSA) is 72.0 Å². The number of carbonyl (C=O) groups excluding carboxylic acids is 2. The fraction of sp³-hybridized carbons (Fsp3) is 0.167. The zero-order valence-electron chi connectivity index (χ0n) is 5.83. The molecule has 1 rings (SSSR count). The van der Waals surface area contributed by atoms with Gasteiger partial charge in [-0.15, -0.1) is 0 Å². The molecular weight excluding hydrogens is 148 g/mol. The Hall–Kier alpha value is -1.65. The fourth-order valence-electron chi connectivity index (χ4n) is 0.659. The van der Waals surface area contributed by atoms with E-state index in [4.69, 9.17) is 0 Å². The largest absolute Gasteiger partial charge is 0.465 e. The number of hydrogen-bond donors (Lipinski definition) is 1. The van der Waals surface area contributed by atoms with E-state index in [1.54, 1.807) is 0 Å². The zero-order chi connectivity index (χ0) is 8.27. The Morgan fingerprint density at radius 3 is 3.09 bits per heavy atom. The molecule has 0 aromatic carbocycles. The zero-order valence-corrected chi connectivity index (χ0v) is 5.83. The maximum absolute atomic E-state index is 10.8. The average molecular weight is 154 g/mol. The summed E-state index contributed by atoms with van der Waals surface area (Å²) < 4.78 is 4.38. The maximum Gasteiger partial charge on any atom is 0.341 e. The number of rotatable bonds is 2. The summed E-state index contributed by atoms with van der Waals surface area (Å²) in [6.45, 7) is 0. The molecule has 0 amide bonds. The molecule has 0 aliphatic carbocycles. The van der Waals surface area contributed by atoms with Crippen LogP contribution in [0.15, 0.2) is 6.20 Å². The fourth-order valence-corrected chi connectivity index (χ4v) is 0.659. The van der Waals surface area contributed by atoms with Crippen LogP contribution in [0.25, 0.3) is 0 Å². The van der Waals surface area contributed by atoms with Gasteiger partial charge in [-0.05, 0) is 0 Å². The minimum Gasteiger partial charge on any atom is -0.465 e. The number of esters is 1. The molecule has 1 aromatic rings. The van der Waals surface area contributed by atoms with E-state index >= 15 is 0 Å². The van der Waals surface area contributed by atoms with Gasteiger partial charge in [-0.1, -0.05) is 0 Å². The van der Waals surface area contributed by atoms with E-state index in [0.29, 0.717) is 6.29 Å². The molecule has 0 aliphatic heterocycles. The molecule has 0 aliphatic rings. The number of nitrogens with one attached hydrogen (secondary N) is 1.